The van der Waals surface area contributed by atoms with Crippen molar-refractivity contribution in [3.05, 3.63) is 62.2 Å². The highest BCUT2D eigenvalue weighted by atomic mass is 35.5. The highest BCUT2D eigenvalue weighted by molar-refractivity contribution is 7.10. The number of thiophene rings is 1. The highest BCUT2D eigenvalue weighted by Crippen LogP contribution is 2.35. The smallest absolute Gasteiger partial charge is 0.273 e. The first-order valence-corrected chi connectivity index (χ1v) is 12.2. The summed E-state index contributed by atoms with van der Waals surface area (Å²) in [5, 5.41) is 5.25. The number of rotatable bonds is 9. The number of halogens is 1. The maximum atomic E-state index is 13.8. The van der Waals surface area contributed by atoms with Gasteiger partial charge in [-0.3, -0.25) is 19.3 Å². The number of primary amides is 1. The third-order valence-electron chi connectivity index (χ3n) is 4.82. The first-order chi connectivity index (χ1) is 15.7. The molecule has 1 unspecified atom stereocenters. The van der Waals surface area contributed by atoms with Crippen LogP contribution in [0, 0.1) is 5.92 Å². The molecule has 3 amide bonds. The lowest BCUT2D eigenvalue weighted by molar-refractivity contribution is -0.122. The molecule has 0 aliphatic carbocycles. The Morgan fingerprint density at radius 3 is 2.42 bits per heavy atom. The molecule has 0 saturated heterocycles. The first kappa shape index (κ1) is 24.7. The monoisotopic (exact) mass is 505 g/mol. The number of hydrogen-bond donors (Lipinski definition) is 3. The SMILES string of the molecule is CC(C)CCNC(=O)C(c1cccs1)N(C(=O)c1snc(C(N)=O)c1N)c1ccc(Cl)cc1. The van der Waals surface area contributed by atoms with E-state index in [0.29, 0.717) is 28.0 Å². The number of hydrogen-bond acceptors (Lipinski definition) is 7. The molecule has 0 aliphatic heterocycles. The molecule has 0 saturated carbocycles. The molecule has 1 atom stereocenters. The van der Waals surface area contributed by atoms with E-state index in [2.05, 4.69) is 23.5 Å². The summed E-state index contributed by atoms with van der Waals surface area (Å²) in [7, 11) is 0. The maximum absolute atomic E-state index is 13.8. The summed E-state index contributed by atoms with van der Waals surface area (Å²) < 4.78 is 3.94. The third-order valence-corrected chi connectivity index (χ3v) is 6.85. The minimum Gasteiger partial charge on any atom is -0.395 e. The van der Waals surface area contributed by atoms with E-state index in [9.17, 15) is 14.4 Å². The topological polar surface area (TPSA) is 131 Å². The van der Waals surface area contributed by atoms with Gasteiger partial charge < -0.3 is 16.8 Å². The molecular formula is C22H24ClN5O3S2. The minimum absolute atomic E-state index is 0.0234. The molecule has 0 bridgehead atoms. The Morgan fingerprint density at radius 2 is 1.88 bits per heavy atom. The summed E-state index contributed by atoms with van der Waals surface area (Å²) in [6, 6.07) is 9.19. The van der Waals surface area contributed by atoms with Gasteiger partial charge in [0.05, 0.1) is 5.69 Å². The molecule has 8 nitrogen and oxygen atoms in total. The molecule has 5 N–H and O–H groups in total. The number of nitrogens with one attached hydrogen (secondary N) is 1. The van der Waals surface area contributed by atoms with Crippen molar-refractivity contribution in [3.63, 3.8) is 0 Å². The lowest BCUT2D eigenvalue weighted by atomic mass is 10.1. The number of nitrogen functional groups attached to an aromatic ring is 1. The van der Waals surface area contributed by atoms with E-state index in [1.165, 1.54) is 16.2 Å². The lowest BCUT2D eigenvalue weighted by Crippen LogP contribution is -2.44. The Balaban J connectivity index is 2.09. The number of nitrogens with zero attached hydrogens (tertiary/aromatic N) is 2. The van der Waals surface area contributed by atoms with E-state index in [4.69, 9.17) is 23.1 Å². The van der Waals surface area contributed by atoms with Crippen LogP contribution in [0.2, 0.25) is 5.02 Å². The van der Waals surface area contributed by atoms with Gasteiger partial charge >= 0.3 is 0 Å². The van der Waals surface area contributed by atoms with E-state index in [0.717, 1.165) is 18.0 Å². The number of aromatic nitrogens is 1. The molecular weight excluding hydrogens is 482 g/mol. The van der Waals surface area contributed by atoms with Gasteiger partial charge in [0.2, 0.25) is 5.91 Å². The van der Waals surface area contributed by atoms with Crippen molar-refractivity contribution in [1.82, 2.24) is 9.69 Å². The lowest BCUT2D eigenvalue weighted by Gasteiger charge is -2.30. The van der Waals surface area contributed by atoms with E-state index in [-0.39, 0.29) is 22.2 Å². The van der Waals surface area contributed by atoms with E-state index >= 15 is 0 Å². The Hall–Kier alpha value is -2.95. The van der Waals surface area contributed by atoms with Crippen LogP contribution in [0.15, 0.2) is 41.8 Å². The van der Waals surface area contributed by atoms with Crippen molar-refractivity contribution in [1.29, 1.82) is 0 Å². The van der Waals surface area contributed by atoms with Gasteiger partial charge in [0.25, 0.3) is 11.8 Å². The second kappa shape index (κ2) is 10.8. The summed E-state index contributed by atoms with van der Waals surface area (Å²) in [5.41, 5.74) is 11.5. The Bertz CT molecular complexity index is 1130. The van der Waals surface area contributed by atoms with Crippen molar-refractivity contribution in [2.45, 2.75) is 26.3 Å². The molecule has 2 heterocycles. The van der Waals surface area contributed by atoms with Crippen LogP contribution < -0.4 is 21.7 Å². The third kappa shape index (κ3) is 5.70. The van der Waals surface area contributed by atoms with Crippen molar-refractivity contribution in [3.8, 4) is 0 Å². The quantitative estimate of drug-likeness (QED) is 0.403. The van der Waals surface area contributed by atoms with Crippen LogP contribution in [0.3, 0.4) is 0 Å². The van der Waals surface area contributed by atoms with E-state index in [1.807, 2.05) is 11.4 Å². The molecule has 0 spiro atoms. The summed E-state index contributed by atoms with van der Waals surface area (Å²) in [6.07, 6.45) is 0.793. The normalized spacial score (nSPS) is 11.9. The van der Waals surface area contributed by atoms with E-state index < -0.39 is 17.9 Å². The average molecular weight is 506 g/mol. The zero-order chi connectivity index (χ0) is 24.1. The van der Waals surface area contributed by atoms with Crippen LogP contribution in [0.5, 0.6) is 0 Å². The van der Waals surface area contributed by atoms with Crippen LogP contribution in [-0.4, -0.2) is 28.6 Å². The second-order valence-electron chi connectivity index (χ2n) is 7.68. The molecule has 33 heavy (non-hydrogen) atoms. The molecule has 3 rings (SSSR count). The van der Waals surface area contributed by atoms with E-state index in [1.54, 1.807) is 30.3 Å². The Kier molecular flexibility index (Phi) is 8.06. The molecule has 11 heteroatoms. The predicted molar refractivity (Wildman–Crippen MR) is 133 cm³/mol. The molecule has 0 radical (unpaired) electrons. The zero-order valence-electron chi connectivity index (χ0n) is 18.1. The fourth-order valence-electron chi connectivity index (χ4n) is 3.13. The molecule has 3 aromatic rings. The second-order valence-corrected chi connectivity index (χ2v) is 9.87. The molecule has 174 valence electrons. The largest absolute Gasteiger partial charge is 0.395 e. The fourth-order valence-corrected chi connectivity index (χ4v) is 4.81. The van der Waals surface area contributed by atoms with Crippen molar-refractivity contribution >= 4 is 63.6 Å². The standard InChI is InChI=1S/C22H24ClN5O3S2/c1-12(2)9-10-26-21(30)18(15-4-3-11-32-15)28(14-7-5-13(23)6-8-14)22(31)19-16(24)17(20(25)29)27-33-19/h3-8,11-12,18H,9-10,24H2,1-2H3,(H2,25,29)(H,26,30). The molecule has 1 aromatic carbocycles. The number of benzene rings is 1. The molecule has 0 fully saturated rings. The Labute approximate surface area is 204 Å². The van der Waals surface area contributed by atoms with Gasteiger partial charge in [-0.25, -0.2) is 0 Å². The van der Waals surface area contributed by atoms with Crippen molar-refractivity contribution in [2.24, 2.45) is 11.7 Å². The number of amides is 3. The summed E-state index contributed by atoms with van der Waals surface area (Å²) in [6.45, 7) is 4.60. The van der Waals surface area contributed by atoms with Gasteiger partial charge in [0.1, 0.15) is 4.88 Å². The predicted octanol–water partition coefficient (Wildman–Crippen LogP) is 4.09. The number of nitrogens with two attached hydrogens (primary N) is 2. The molecule has 0 aliphatic rings. The van der Waals surface area contributed by atoms with Gasteiger partial charge in [-0.05, 0) is 59.6 Å². The van der Waals surface area contributed by atoms with Crippen LogP contribution >= 0.6 is 34.5 Å². The number of carbonyl (C=O) groups excluding carboxylic acids is 3. The summed E-state index contributed by atoms with van der Waals surface area (Å²) in [5.74, 6) is -1.33. The van der Waals surface area contributed by atoms with Gasteiger partial charge in [-0.15, -0.1) is 11.3 Å². The fraction of sp³-hybridized carbons (Fsp3) is 0.273. The summed E-state index contributed by atoms with van der Waals surface area (Å²) in [4.78, 5) is 40.8. The number of anilines is 2. The zero-order valence-corrected chi connectivity index (χ0v) is 20.5. The van der Waals surface area contributed by atoms with Crippen LogP contribution in [0.25, 0.3) is 0 Å². The first-order valence-electron chi connectivity index (χ1n) is 10.2. The molecule has 2 aromatic heterocycles. The van der Waals surface area contributed by atoms with Gasteiger partial charge in [0, 0.05) is 22.1 Å². The van der Waals surface area contributed by atoms with Crippen LogP contribution in [-0.2, 0) is 4.79 Å². The minimum atomic E-state index is -0.968. The van der Waals surface area contributed by atoms with Crippen molar-refractivity contribution in [2.75, 3.05) is 17.2 Å². The Morgan fingerprint density at radius 1 is 1.18 bits per heavy atom. The van der Waals surface area contributed by atoms with Crippen molar-refractivity contribution < 1.29 is 14.4 Å². The van der Waals surface area contributed by atoms with Gasteiger partial charge in [-0.1, -0.05) is 31.5 Å². The van der Waals surface area contributed by atoms with Gasteiger partial charge in [-0.2, -0.15) is 4.37 Å². The van der Waals surface area contributed by atoms with Crippen LogP contribution in [0.4, 0.5) is 11.4 Å². The number of carbonyl (C=O) groups is 3. The van der Waals surface area contributed by atoms with Crippen LogP contribution in [0.1, 0.15) is 51.3 Å². The summed E-state index contributed by atoms with van der Waals surface area (Å²) >= 11 is 8.18. The highest BCUT2D eigenvalue weighted by Gasteiger charge is 2.36. The average Bonchev–Trinajstić information content (AvgIpc) is 3.42. The van der Waals surface area contributed by atoms with Gasteiger partial charge in [0.15, 0.2) is 11.7 Å². The maximum Gasteiger partial charge on any atom is 0.273 e.